The first kappa shape index (κ1) is 58.2. The van der Waals surface area contributed by atoms with Crippen LogP contribution < -0.4 is 0 Å². The molecule has 0 saturated heterocycles. The summed E-state index contributed by atoms with van der Waals surface area (Å²) in [5.41, 5.74) is 0. The standard InChI is InChI=1S/C42H101N14P3/c1-21-47(22-2)41(48(23-3)24-4)43-57(44-42(49(25-5)26-6)50(27-7)28-8,45-58(51(29-9)30-10,52(31-11)32-12)53(33-13)34-14)46-59(54(35-15)36-16,55(37-17)38-18)56(39-19)40-20/h57H,21-40H2,1-20H3. The molecule has 0 atom stereocenters. The van der Waals surface area contributed by atoms with E-state index >= 15 is 0 Å². The first-order chi connectivity index (χ1) is 28.3. The second kappa shape index (κ2) is 30.3. The van der Waals surface area contributed by atoms with Gasteiger partial charge >= 0.3 is 370 Å². The maximum absolute atomic E-state index is 6.71. The van der Waals surface area contributed by atoms with Crippen molar-refractivity contribution in [3.63, 3.8) is 0 Å². The fraction of sp³-hybridized carbons (Fsp3) is 0.952. The van der Waals surface area contributed by atoms with Crippen molar-refractivity contribution in [2.75, 3.05) is 131 Å². The van der Waals surface area contributed by atoms with E-state index < -0.39 is 22.9 Å². The van der Waals surface area contributed by atoms with Crippen LogP contribution in [-0.2, 0) is 0 Å². The summed E-state index contributed by atoms with van der Waals surface area (Å²) in [6.45, 7) is 63.1. The zero-order valence-electron chi connectivity index (χ0n) is 42.8. The van der Waals surface area contributed by atoms with Crippen LogP contribution in [0.2, 0.25) is 0 Å². The summed E-state index contributed by atoms with van der Waals surface area (Å²) < 4.78 is 42.2. The molecule has 14 nitrogen and oxygen atoms in total. The summed E-state index contributed by atoms with van der Waals surface area (Å²) in [4.78, 5) is 9.79. The molecule has 0 aromatic carbocycles. The molecule has 0 radical (unpaired) electrons. The SMILES string of the molecule is CCN(CC)C(=N[PH](N=C(N(CC)CC)N(CC)CC)(N=P(N(CC)CC)(N(CC)CC)N(CC)CC)N=P(N(CC)CC)(N(CC)CC)N(CC)CC)N(CC)CC. The van der Waals surface area contributed by atoms with E-state index in [1.807, 2.05) is 0 Å². The number of rotatable bonds is 30. The zero-order valence-corrected chi connectivity index (χ0v) is 45.6. The molecule has 0 unspecified atom stereocenters. The van der Waals surface area contributed by atoms with Crippen molar-refractivity contribution in [3.05, 3.63) is 0 Å². The van der Waals surface area contributed by atoms with Crippen LogP contribution in [0.5, 0.6) is 0 Å². The Balaban J connectivity index is 11.1. The first-order valence-electron chi connectivity index (χ1n) is 24.3. The molecule has 0 spiro atoms. The van der Waals surface area contributed by atoms with Gasteiger partial charge in [-0.15, -0.1) is 0 Å². The van der Waals surface area contributed by atoms with Crippen LogP contribution >= 0.6 is 22.9 Å². The van der Waals surface area contributed by atoms with Crippen LogP contribution in [0.1, 0.15) is 138 Å². The minimum atomic E-state index is -4.04. The molecule has 0 aliphatic heterocycles. The van der Waals surface area contributed by atoms with Crippen LogP contribution in [-0.4, -0.2) is 190 Å². The van der Waals surface area contributed by atoms with E-state index in [1.54, 1.807) is 0 Å². The van der Waals surface area contributed by atoms with Crippen LogP contribution in [0.25, 0.3) is 0 Å². The van der Waals surface area contributed by atoms with Crippen molar-refractivity contribution in [2.24, 2.45) is 18.6 Å². The second-order valence-electron chi connectivity index (χ2n) is 14.2. The fourth-order valence-electron chi connectivity index (χ4n) is 8.54. The van der Waals surface area contributed by atoms with E-state index in [1.165, 1.54) is 0 Å². The third-order valence-electron chi connectivity index (χ3n) is 11.9. The van der Waals surface area contributed by atoms with Gasteiger partial charge < -0.3 is 0 Å². The molecule has 0 heterocycles. The van der Waals surface area contributed by atoms with Gasteiger partial charge in [-0.25, -0.2) is 0 Å². The normalized spacial score (nSPS) is 12.9. The van der Waals surface area contributed by atoms with E-state index in [9.17, 15) is 0 Å². The van der Waals surface area contributed by atoms with Gasteiger partial charge in [0.1, 0.15) is 0 Å². The predicted molar refractivity (Wildman–Crippen MR) is 271 cm³/mol. The fourth-order valence-corrected chi connectivity index (χ4v) is 23.5. The van der Waals surface area contributed by atoms with Gasteiger partial charge in [-0.05, 0) is 0 Å². The summed E-state index contributed by atoms with van der Waals surface area (Å²) in [5, 5.41) is 0. The van der Waals surface area contributed by atoms with Crippen molar-refractivity contribution < 1.29 is 0 Å². The summed E-state index contributed by atoms with van der Waals surface area (Å²) in [6.07, 6.45) is 0. The Labute approximate surface area is 369 Å². The Bertz CT molecular complexity index is 1060. The van der Waals surface area contributed by atoms with Crippen molar-refractivity contribution >= 4 is 34.8 Å². The van der Waals surface area contributed by atoms with Crippen molar-refractivity contribution in [2.45, 2.75) is 138 Å². The molecule has 0 saturated carbocycles. The molecular weight excluding hydrogens is 793 g/mol. The van der Waals surface area contributed by atoms with E-state index in [0.717, 1.165) is 143 Å². The Morgan fingerprint density at radius 1 is 0.271 bits per heavy atom. The van der Waals surface area contributed by atoms with Crippen molar-refractivity contribution in [1.29, 1.82) is 0 Å². The van der Waals surface area contributed by atoms with Gasteiger partial charge in [0, 0.05) is 0 Å². The summed E-state index contributed by atoms with van der Waals surface area (Å²) >= 11 is 0. The van der Waals surface area contributed by atoms with E-state index in [0.29, 0.717) is 0 Å². The maximum atomic E-state index is 6.71. The molecule has 0 fully saturated rings. The third kappa shape index (κ3) is 13.6. The van der Waals surface area contributed by atoms with Gasteiger partial charge in [0.05, 0.1) is 0 Å². The monoisotopic (exact) mass is 895 g/mol. The molecule has 0 aromatic heterocycles. The average molecular weight is 895 g/mol. The molecule has 0 N–H and O–H groups in total. The van der Waals surface area contributed by atoms with Crippen LogP contribution in [0.4, 0.5) is 0 Å². The van der Waals surface area contributed by atoms with Crippen molar-refractivity contribution in [1.82, 2.24) is 47.6 Å². The van der Waals surface area contributed by atoms with Gasteiger partial charge in [-0.2, -0.15) is 0 Å². The molecule has 59 heavy (non-hydrogen) atoms. The predicted octanol–water partition coefficient (Wildman–Crippen LogP) is 10.4. The third-order valence-corrected chi connectivity index (χ3v) is 25.1. The number of nitrogens with zero attached hydrogens (tertiary/aromatic N) is 14. The Kier molecular flexibility index (Phi) is 29.9. The first-order valence-corrected chi connectivity index (χ1v) is 29.3. The number of hydrogen-bond donors (Lipinski definition) is 0. The van der Waals surface area contributed by atoms with Crippen LogP contribution in [0.15, 0.2) is 18.6 Å². The number of guanidine groups is 2. The molecule has 0 aliphatic rings. The van der Waals surface area contributed by atoms with Gasteiger partial charge in [0.2, 0.25) is 0 Å². The summed E-state index contributed by atoms with van der Waals surface area (Å²) in [5.74, 6) is 1.96. The minimum absolute atomic E-state index is 0.837. The van der Waals surface area contributed by atoms with Crippen molar-refractivity contribution in [3.8, 4) is 0 Å². The van der Waals surface area contributed by atoms with Crippen LogP contribution in [0.3, 0.4) is 0 Å². The molecule has 0 aliphatic carbocycles. The molecular formula is C42H101N14P3. The molecule has 0 aromatic rings. The Hall–Kier alpha value is -0.810. The van der Waals surface area contributed by atoms with E-state index in [4.69, 9.17) is 18.6 Å². The zero-order chi connectivity index (χ0) is 45.4. The van der Waals surface area contributed by atoms with Crippen LogP contribution in [0, 0.1) is 0 Å². The number of hydrogen-bond acceptors (Lipinski definition) is 4. The Morgan fingerprint density at radius 3 is 0.542 bits per heavy atom. The topological polar surface area (TPSA) is 81.8 Å². The van der Waals surface area contributed by atoms with E-state index in [2.05, 4.69) is 186 Å². The summed E-state index contributed by atoms with van der Waals surface area (Å²) in [7, 11) is -9.46. The van der Waals surface area contributed by atoms with Gasteiger partial charge in [-0.1, -0.05) is 0 Å². The second-order valence-corrected chi connectivity index (χ2v) is 23.0. The molecule has 0 amide bonds. The van der Waals surface area contributed by atoms with E-state index in [-0.39, 0.29) is 0 Å². The quantitative estimate of drug-likeness (QED) is 0.0395. The molecule has 354 valence electrons. The van der Waals surface area contributed by atoms with Gasteiger partial charge in [0.15, 0.2) is 0 Å². The molecule has 17 heteroatoms. The molecule has 0 bridgehead atoms. The van der Waals surface area contributed by atoms with Gasteiger partial charge in [-0.3, -0.25) is 0 Å². The Morgan fingerprint density at radius 2 is 0.424 bits per heavy atom. The van der Waals surface area contributed by atoms with Gasteiger partial charge in [0.25, 0.3) is 0 Å². The average Bonchev–Trinajstić information content (AvgIpc) is 3.24. The summed E-state index contributed by atoms with van der Waals surface area (Å²) in [6, 6.07) is 0. The molecule has 0 rings (SSSR count).